The first-order chi connectivity index (χ1) is 21.7. The number of benzene rings is 6. The molecule has 44 heavy (non-hydrogen) atoms. The summed E-state index contributed by atoms with van der Waals surface area (Å²) in [7, 11) is 3.37. The Labute approximate surface area is 256 Å². The fraction of sp³-hybridized carbons (Fsp3) is 0.179. The van der Waals surface area contributed by atoms with Gasteiger partial charge in [0.2, 0.25) is 0 Å². The first kappa shape index (κ1) is 26.6. The third-order valence-corrected chi connectivity index (χ3v) is 9.13. The van der Waals surface area contributed by atoms with Gasteiger partial charge in [0.05, 0.1) is 27.4 Å². The van der Waals surface area contributed by atoms with Gasteiger partial charge in [-0.25, -0.2) is 0 Å². The fourth-order valence-electron chi connectivity index (χ4n) is 6.79. The maximum absolute atomic E-state index is 7.14. The first-order valence-electron chi connectivity index (χ1n) is 15.1. The zero-order valence-electron chi connectivity index (χ0n) is 24.9. The molecule has 0 unspecified atom stereocenters. The summed E-state index contributed by atoms with van der Waals surface area (Å²) in [6.45, 7) is 3.34. The Morgan fingerprint density at radius 2 is 1.18 bits per heavy atom. The number of hydrogen-bond donors (Lipinski definition) is 0. The van der Waals surface area contributed by atoms with E-state index in [0.29, 0.717) is 0 Å². The van der Waals surface area contributed by atoms with Gasteiger partial charge in [-0.1, -0.05) is 60.7 Å². The minimum Gasteiger partial charge on any atom is -0.497 e. The van der Waals surface area contributed by atoms with E-state index < -0.39 is 5.60 Å². The molecule has 0 aromatic heterocycles. The Morgan fingerprint density at radius 1 is 0.614 bits per heavy atom. The molecule has 0 atom stereocenters. The summed E-state index contributed by atoms with van der Waals surface area (Å²) in [5, 5.41) is 7.38. The molecule has 6 aromatic rings. The van der Waals surface area contributed by atoms with E-state index in [9.17, 15) is 0 Å². The van der Waals surface area contributed by atoms with E-state index in [1.165, 1.54) is 38.0 Å². The molecule has 0 radical (unpaired) electrons. The maximum Gasteiger partial charge on any atom is 0.178 e. The Bertz CT molecular complexity index is 1990. The lowest BCUT2D eigenvalue weighted by molar-refractivity contribution is 0.122. The molecule has 5 heteroatoms. The van der Waals surface area contributed by atoms with Crippen LogP contribution in [0, 0.1) is 0 Å². The smallest absolute Gasteiger partial charge is 0.178 e. The van der Waals surface area contributed by atoms with Gasteiger partial charge in [-0.2, -0.15) is 0 Å². The summed E-state index contributed by atoms with van der Waals surface area (Å²) >= 11 is 0. The van der Waals surface area contributed by atoms with Crippen molar-refractivity contribution in [1.82, 2.24) is 0 Å². The Kier molecular flexibility index (Phi) is 6.42. The predicted molar refractivity (Wildman–Crippen MR) is 178 cm³/mol. The van der Waals surface area contributed by atoms with Crippen LogP contribution in [0.25, 0.3) is 38.4 Å². The lowest BCUT2D eigenvalue weighted by Gasteiger charge is -2.36. The summed E-state index contributed by atoms with van der Waals surface area (Å²) in [6.07, 6.45) is 4.37. The van der Waals surface area contributed by atoms with Crippen LogP contribution in [0.2, 0.25) is 0 Å². The molecule has 5 nitrogen and oxygen atoms in total. The quantitative estimate of drug-likeness (QED) is 0.192. The van der Waals surface area contributed by atoms with Crippen molar-refractivity contribution in [3.8, 4) is 17.2 Å². The molecule has 6 aromatic carbocycles. The van der Waals surface area contributed by atoms with Crippen molar-refractivity contribution in [1.29, 1.82) is 0 Å². The molecule has 218 valence electrons. The number of ether oxygens (including phenoxy) is 4. The van der Waals surface area contributed by atoms with Crippen molar-refractivity contribution in [2.75, 3.05) is 45.4 Å². The number of anilines is 1. The van der Waals surface area contributed by atoms with Crippen LogP contribution in [-0.2, 0) is 10.3 Å². The van der Waals surface area contributed by atoms with E-state index in [-0.39, 0.29) is 0 Å². The van der Waals surface area contributed by atoms with Gasteiger partial charge in [-0.15, -0.1) is 0 Å². The molecule has 1 fully saturated rings. The highest BCUT2D eigenvalue weighted by Gasteiger charge is 2.37. The van der Waals surface area contributed by atoms with E-state index >= 15 is 0 Å². The molecule has 8 rings (SSSR count). The standard InChI is InChI=1S/C39H33NO4/c1-41-30-12-7-27(8-13-30)39(28-9-14-31(42-2)15-10-28)18-17-26-23-35-32-5-3-4-6-33(32)36-24-29(40-19-21-43-22-20-40)11-16-34(36)37(35)25-38(26)44-39/h3-18,23-25H,19-22H2,1-2H3. The minimum atomic E-state index is -0.824. The van der Waals surface area contributed by atoms with E-state index in [1.54, 1.807) is 14.2 Å². The van der Waals surface area contributed by atoms with Gasteiger partial charge in [0, 0.05) is 35.5 Å². The molecule has 2 heterocycles. The summed E-state index contributed by atoms with van der Waals surface area (Å²) in [5.74, 6) is 2.46. The van der Waals surface area contributed by atoms with Crippen LogP contribution in [0.5, 0.6) is 17.2 Å². The van der Waals surface area contributed by atoms with Gasteiger partial charge >= 0.3 is 0 Å². The van der Waals surface area contributed by atoms with Gasteiger partial charge in [0.1, 0.15) is 17.2 Å². The molecule has 0 spiro atoms. The third-order valence-electron chi connectivity index (χ3n) is 9.13. The maximum atomic E-state index is 7.14. The van der Waals surface area contributed by atoms with Gasteiger partial charge in [0.25, 0.3) is 0 Å². The summed E-state index contributed by atoms with van der Waals surface area (Å²) < 4.78 is 23.7. The second-order valence-corrected chi connectivity index (χ2v) is 11.4. The van der Waals surface area contributed by atoms with Crippen molar-refractivity contribution >= 4 is 44.1 Å². The molecular weight excluding hydrogens is 546 g/mol. The van der Waals surface area contributed by atoms with Crippen molar-refractivity contribution in [3.63, 3.8) is 0 Å². The molecular formula is C39H33NO4. The average Bonchev–Trinajstić information content (AvgIpc) is 3.11. The third kappa shape index (κ3) is 4.27. The van der Waals surface area contributed by atoms with Gasteiger partial charge in [-0.3, -0.25) is 0 Å². The molecule has 0 aliphatic carbocycles. The van der Waals surface area contributed by atoms with Crippen LogP contribution >= 0.6 is 0 Å². The SMILES string of the molecule is COc1ccc(C2(c3ccc(OC)cc3)C=Cc3cc4c5ccccc5c5cc(N6CCOCC6)ccc5c4cc3O2)cc1. The van der Waals surface area contributed by atoms with Gasteiger partial charge in [0.15, 0.2) is 5.60 Å². The number of rotatable bonds is 5. The molecule has 2 aliphatic heterocycles. The molecule has 0 saturated carbocycles. The average molecular weight is 580 g/mol. The van der Waals surface area contributed by atoms with Crippen LogP contribution in [0.4, 0.5) is 5.69 Å². The zero-order valence-corrected chi connectivity index (χ0v) is 24.9. The van der Waals surface area contributed by atoms with Crippen LogP contribution in [0.3, 0.4) is 0 Å². The lowest BCUT2D eigenvalue weighted by Crippen LogP contribution is -2.36. The van der Waals surface area contributed by atoms with Crippen molar-refractivity contribution in [2.24, 2.45) is 0 Å². The Morgan fingerprint density at radius 3 is 1.80 bits per heavy atom. The monoisotopic (exact) mass is 579 g/mol. The largest absolute Gasteiger partial charge is 0.497 e. The molecule has 0 bridgehead atoms. The van der Waals surface area contributed by atoms with Crippen molar-refractivity contribution in [3.05, 3.63) is 126 Å². The van der Waals surface area contributed by atoms with Crippen LogP contribution < -0.4 is 19.1 Å². The second-order valence-electron chi connectivity index (χ2n) is 11.4. The van der Waals surface area contributed by atoms with Gasteiger partial charge < -0.3 is 23.8 Å². The summed E-state index contributed by atoms with van der Waals surface area (Å²) in [4.78, 5) is 2.42. The highest BCUT2D eigenvalue weighted by atomic mass is 16.5. The molecule has 2 aliphatic rings. The number of morpholine rings is 1. The van der Waals surface area contributed by atoms with Gasteiger partial charge in [-0.05, 0) is 86.9 Å². The molecule has 0 amide bonds. The van der Waals surface area contributed by atoms with Crippen LogP contribution in [0.15, 0.2) is 109 Å². The number of methoxy groups -OCH3 is 2. The normalized spacial score (nSPS) is 15.7. The summed E-state index contributed by atoms with van der Waals surface area (Å²) in [5.41, 5.74) is 3.51. The van der Waals surface area contributed by atoms with Crippen molar-refractivity contribution in [2.45, 2.75) is 5.60 Å². The first-order valence-corrected chi connectivity index (χ1v) is 15.1. The van der Waals surface area contributed by atoms with Crippen LogP contribution in [0.1, 0.15) is 16.7 Å². The zero-order chi connectivity index (χ0) is 29.7. The number of hydrogen-bond acceptors (Lipinski definition) is 5. The Hall–Kier alpha value is -5.00. The van der Waals surface area contributed by atoms with Crippen LogP contribution in [-0.4, -0.2) is 40.5 Å². The Balaban J connectivity index is 1.33. The van der Waals surface area contributed by atoms with E-state index in [1.807, 2.05) is 24.3 Å². The molecule has 1 saturated heterocycles. The predicted octanol–water partition coefficient (Wildman–Crippen LogP) is 8.35. The van der Waals surface area contributed by atoms with E-state index in [4.69, 9.17) is 18.9 Å². The fourth-order valence-corrected chi connectivity index (χ4v) is 6.79. The van der Waals surface area contributed by atoms with Crippen molar-refractivity contribution < 1.29 is 18.9 Å². The highest BCUT2D eigenvalue weighted by molar-refractivity contribution is 6.26. The summed E-state index contributed by atoms with van der Waals surface area (Å²) in [6, 6.07) is 36.4. The van der Waals surface area contributed by atoms with E-state index in [0.717, 1.165) is 60.2 Å². The second kappa shape index (κ2) is 10.6. The number of nitrogens with zero attached hydrogens (tertiary/aromatic N) is 1. The lowest BCUT2D eigenvalue weighted by atomic mass is 9.83. The minimum absolute atomic E-state index is 0.762. The molecule has 0 N–H and O–H groups in total. The highest BCUT2D eigenvalue weighted by Crippen LogP contribution is 2.46. The topological polar surface area (TPSA) is 40.2 Å². The van der Waals surface area contributed by atoms with E-state index in [2.05, 4.69) is 95.9 Å². The number of fused-ring (bicyclic) bond motifs is 7.